The summed E-state index contributed by atoms with van der Waals surface area (Å²) in [5, 5.41) is 8.94. The van der Waals surface area contributed by atoms with Crippen LogP contribution in [0.5, 0.6) is 5.75 Å². The van der Waals surface area contributed by atoms with Gasteiger partial charge in [-0.1, -0.05) is 30.0 Å². The first-order valence-electron chi connectivity index (χ1n) is 12.1. The monoisotopic (exact) mass is 497 g/mol. The normalized spacial score (nSPS) is 24.2. The van der Waals surface area contributed by atoms with Crippen molar-refractivity contribution >= 4 is 17.7 Å². The first-order valence-corrected chi connectivity index (χ1v) is 12.1. The second-order valence-corrected chi connectivity index (χ2v) is 9.62. The van der Waals surface area contributed by atoms with Crippen LogP contribution in [0, 0.1) is 17.8 Å². The van der Waals surface area contributed by atoms with Crippen LogP contribution in [0.15, 0.2) is 71.3 Å². The van der Waals surface area contributed by atoms with Crippen molar-refractivity contribution in [3.05, 3.63) is 66.7 Å². The number of alkyl halides is 2. The molecule has 1 aliphatic heterocycles. The van der Waals surface area contributed by atoms with E-state index in [1.54, 1.807) is 18.3 Å². The van der Waals surface area contributed by atoms with Crippen LogP contribution in [0.1, 0.15) is 25.7 Å². The molecular weight excluding hydrogens is 468 g/mol. The largest absolute Gasteiger partial charge is 0.491 e. The molecule has 3 unspecified atom stereocenters. The number of nitrogens with one attached hydrogen (secondary N) is 2. The number of amides is 2. The Labute approximate surface area is 208 Å². The SMILES string of the molecule is C=C(NC(=O)Nc1ccon1)C1=CCC(CC2CCN(c3ccc(OCC4CC4(F)F)cn3)C2)C=C1. The zero-order valence-corrected chi connectivity index (χ0v) is 19.8. The second kappa shape index (κ2) is 10.1. The minimum atomic E-state index is -2.57. The predicted octanol–water partition coefficient (Wildman–Crippen LogP) is 5.16. The van der Waals surface area contributed by atoms with Gasteiger partial charge in [0.1, 0.15) is 17.8 Å². The highest BCUT2D eigenvalue weighted by molar-refractivity contribution is 5.89. The lowest BCUT2D eigenvalue weighted by Crippen LogP contribution is -2.28. The molecule has 3 atom stereocenters. The Kier molecular flexibility index (Phi) is 6.75. The van der Waals surface area contributed by atoms with Crippen molar-refractivity contribution in [2.45, 2.75) is 31.6 Å². The highest BCUT2D eigenvalue weighted by Crippen LogP contribution is 2.48. The molecule has 2 fully saturated rings. The molecule has 2 aliphatic carbocycles. The number of carbonyl (C=O) groups is 1. The lowest BCUT2D eigenvalue weighted by Gasteiger charge is -2.22. The summed E-state index contributed by atoms with van der Waals surface area (Å²) in [4.78, 5) is 18.8. The quantitative estimate of drug-likeness (QED) is 0.497. The fraction of sp³-hybridized carbons (Fsp3) is 0.423. The summed E-state index contributed by atoms with van der Waals surface area (Å²) in [6, 6.07) is 4.83. The maximum absolute atomic E-state index is 13.0. The van der Waals surface area contributed by atoms with E-state index in [4.69, 9.17) is 9.26 Å². The lowest BCUT2D eigenvalue weighted by atomic mass is 9.87. The zero-order chi connectivity index (χ0) is 25.1. The fourth-order valence-electron chi connectivity index (χ4n) is 4.65. The number of urea groups is 1. The Balaban J connectivity index is 1.04. The molecule has 2 aromatic heterocycles. The van der Waals surface area contributed by atoms with Gasteiger partial charge in [0.15, 0.2) is 5.82 Å². The molecule has 10 heteroatoms. The maximum atomic E-state index is 13.0. The van der Waals surface area contributed by atoms with Crippen molar-refractivity contribution in [3.8, 4) is 5.75 Å². The number of halogens is 2. The fourth-order valence-corrected chi connectivity index (χ4v) is 4.65. The summed E-state index contributed by atoms with van der Waals surface area (Å²) in [6.45, 7) is 5.86. The van der Waals surface area contributed by atoms with Gasteiger partial charge in [-0.05, 0) is 48.8 Å². The van der Waals surface area contributed by atoms with Gasteiger partial charge in [0, 0.05) is 31.3 Å². The van der Waals surface area contributed by atoms with E-state index in [-0.39, 0.29) is 13.0 Å². The number of aromatic nitrogens is 2. The number of hydrogen-bond acceptors (Lipinski definition) is 6. The van der Waals surface area contributed by atoms with Crippen LogP contribution >= 0.6 is 0 Å². The molecule has 5 rings (SSSR count). The molecule has 0 spiro atoms. The van der Waals surface area contributed by atoms with E-state index in [1.165, 1.54) is 6.26 Å². The number of nitrogens with zero attached hydrogens (tertiary/aromatic N) is 3. The number of pyridine rings is 1. The van der Waals surface area contributed by atoms with Crippen molar-refractivity contribution in [2.75, 3.05) is 29.9 Å². The Morgan fingerprint density at radius 3 is 2.86 bits per heavy atom. The van der Waals surface area contributed by atoms with Crippen LogP contribution in [0.4, 0.5) is 25.2 Å². The van der Waals surface area contributed by atoms with Crippen LogP contribution in [0.25, 0.3) is 0 Å². The van der Waals surface area contributed by atoms with E-state index >= 15 is 0 Å². The first kappa shape index (κ1) is 24.0. The standard InChI is InChI=1S/C26H29F2N5O3/c1-17(30-25(34)31-23-9-11-36-32-23)20-4-2-18(3-5-20)12-19-8-10-33(15-19)24-7-6-22(14-29-24)35-16-21-13-26(21,27)28/h2,4-7,9,11,14,18-19,21H,1,3,8,10,12-13,15-16H2,(H2,30,31,32,34). The van der Waals surface area contributed by atoms with Crippen molar-refractivity contribution in [1.29, 1.82) is 0 Å². The number of hydrogen-bond donors (Lipinski definition) is 2. The minimum absolute atomic E-state index is 0.0320. The predicted molar refractivity (Wildman–Crippen MR) is 131 cm³/mol. The molecule has 1 saturated heterocycles. The number of ether oxygens (including phenoxy) is 1. The molecule has 2 amide bonds. The van der Waals surface area contributed by atoms with E-state index in [2.05, 4.69) is 44.4 Å². The summed E-state index contributed by atoms with van der Waals surface area (Å²) in [7, 11) is 0. The zero-order valence-electron chi connectivity index (χ0n) is 19.8. The summed E-state index contributed by atoms with van der Waals surface area (Å²) in [6.07, 6.45) is 12.3. The Hall–Kier alpha value is -3.69. The molecule has 3 heterocycles. The third-order valence-electron chi connectivity index (χ3n) is 6.85. The van der Waals surface area contributed by atoms with Gasteiger partial charge in [0.25, 0.3) is 5.92 Å². The van der Waals surface area contributed by atoms with Gasteiger partial charge < -0.3 is 19.5 Å². The van der Waals surface area contributed by atoms with Crippen molar-refractivity contribution in [2.24, 2.45) is 17.8 Å². The van der Waals surface area contributed by atoms with Crippen molar-refractivity contribution in [1.82, 2.24) is 15.5 Å². The summed E-state index contributed by atoms with van der Waals surface area (Å²) in [5.74, 6) is -0.509. The number of carbonyl (C=O) groups excluding carboxylic acids is 1. The molecule has 2 N–H and O–H groups in total. The molecule has 190 valence electrons. The average Bonchev–Trinajstić information content (AvgIpc) is 3.25. The van der Waals surface area contributed by atoms with Gasteiger partial charge in [0.2, 0.25) is 0 Å². The Morgan fingerprint density at radius 2 is 2.19 bits per heavy atom. The van der Waals surface area contributed by atoms with Crippen molar-refractivity contribution in [3.63, 3.8) is 0 Å². The van der Waals surface area contributed by atoms with Gasteiger partial charge in [-0.3, -0.25) is 5.32 Å². The Bertz CT molecular complexity index is 1150. The lowest BCUT2D eigenvalue weighted by molar-refractivity contribution is 0.0855. The van der Waals surface area contributed by atoms with Gasteiger partial charge in [-0.25, -0.2) is 18.6 Å². The van der Waals surface area contributed by atoms with Crippen LogP contribution in [-0.2, 0) is 0 Å². The molecule has 3 aliphatic rings. The third-order valence-corrected chi connectivity index (χ3v) is 6.85. The summed E-state index contributed by atoms with van der Waals surface area (Å²) in [5.41, 5.74) is 1.42. The van der Waals surface area contributed by atoms with E-state index in [0.29, 0.717) is 29.1 Å². The van der Waals surface area contributed by atoms with Crippen LogP contribution in [0.3, 0.4) is 0 Å². The molecule has 36 heavy (non-hydrogen) atoms. The number of anilines is 2. The van der Waals surface area contributed by atoms with Crippen molar-refractivity contribution < 1.29 is 22.8 Å². The first-order chi connectivity index (χ1) is 17.4. The highest BCUT2D eigenvalue weighted by Gasteiger charge is 2.57. The number of rotatable bonds is 9. The average molecular weight is 498 g/mol. The number of allylic oxidation sites excluding steroid dienone is 3. The van der Waals surface area contributed by atoms with Crippen LogP contribution < -0.4 is 20.3 Å². The smallest absolute Gasteiger partial charge is 0.324 e. The maximum Gasteiger partial charge on any atom is 0.324 e. The van der Waals surface area contributed by atoms with E-state index < -0.39 is 17.9 Å². The molecule has 1 saturated carbocycles. The van der Waals surface area contributed by atoms with Gasteiger partial charge in [0.05, 0.1) is 18.7 Å². The molecule has 0 bridgehead atoms. The van der Waals surface area contributed by atoms with Crippen LogP contribution in [0.2, 0.25) is 0 Å². The van der Waals surface area contributed by atoms with Gasteiger partial charge >= 0.3 is 6.03 Å². The minimum Gasteiger partial charge on any atom is -0.491 e. The second-order valence-electron chi connectivity index (χ2n) is 9.62. The highest BCUT2D eigenvalue weighted by atomic mass is 19.3. The molecule has 2 aromatic rings. The summed E-state index contributed by atoms with van der Waals surface area (Å²) >= 11 is 0. The van der Waals surface area contributed by atoms with E-state index in [9.17, 15) is 13.6 Å². The van der Waals surface area contributed by atoms with E-state index in [0.717, 1.165) is 43.7 Å². The van der Waals surface area contributed by atoms with Crippen LogP contribution in [-0.4, -0.2) is 41.8 Å². The Morgan fingerprint density at radius 1 is 1.33 bits per heavy atom. The molecule has 0 radical (unpaired) electrons. The molecule has 0 aromatic carbocycles. The molecular formula is C26H29F2N5O3. The van der Waals surface area contributed by atoms with E-state index in [1.807, 2.05) is 12.1 Å². The van der Waals surface area contributed by atoms with Gasteiger partial charge in [-0.2, -0.15) is 0 Å². The molecule has 8 nitrogen and oxygen atoms in total. The topological polar surface area (TPSA) is 92.5 Å². The summed E-state index contributed by atoms with van der Waals surface area (Å²) < 4.78 is 36.1. The van der Waals surface area contributed by atoms with Gasteiger partial charge in [-0.15, -0.1) is 0 Å². The third kappa shape index (κ3) is 5.92.